The molecule has 1 atom stereocenters. The second kappa shape index (κ2) is 5.11. The molecule has 1 heterocycles. The van der Waals surface area contributed by atoms with Crippen LogP contribution in [0.2, 0.25) is 0 Å². The third-order valence-electron chi connectivity index (χ3n) is 2.94. The van der Waals surface area contributed by atoms with Crippen molar-refractivity contribution in [2.24, 2.45) is 0 Å². The SMILES string of the molecule is C=C(C)CC(NC)c1nccc2ccccc12. The van der Waals surface area contributed by atoms with E-state index in [0.717, 1.165) is 12.1 Å². The van der Waals surface area contributed by atoms with E-state index in [0.29, 0.717) is 0 Å². The van der Waals surface area contributed by atoms with Gasteiger partial charge in [-0.2, -0.15) is 0 Å². The molecule has 0 amide bonds. The van der Waals surface area contributed by atoms with Crippen LogP contribution in [0.3, 0.4) is 0 Å². The van der Waals surface area contributed by atoms with E-state index >= 15 is 0 Å². The minimum Gasteiger partial charge on any atom is -0.311 e. The summed E-state index contributed by atoms with van der Waals surface area (Å²) in [5, 5.41) is 5.77. The predicted octanol–water partition coefficient (Wildman–Crippen LogP) is 3.46. The fraction of sp³-hybridized carbons (Fsp3) is 0.267. The summed E-state index contributed by atoms with van der Waals surface area (Å²) in [6.07, 6.45) is 2.79. The minimum atomic E-state index is 0.235. The molecule has 1 unspecified atom stereocenters. The molecule has 0 fully saturated rings. The van der Waals surface area contributed by atoms with Gasteiger partial charge >= 0.3 is 0 Å². The van der Waals surface area contributed by atoms with Crippen LogP contribution in [-0.4, -0.2) is 12.0 Å². The number of benzene rings is 1. The van der Waals surface area contributed by atoms with Crippen LogP contribution in [0.1, 0.15) is 25.1 Å². The highest BCUT2D eigenvalue weighted by molar-refractivity contribution is 5.84. The Kier molecular flexibility index (Phi) is 3.55. The Labute approximate surface area is 102 Å². The van der Waals surface area contributed by atoms with Gasteiger partial charge < -0.3 is 5.32 Å². The topological polar surface area (TPSA) is 24.9 Å². The van der Waals surface area contributed by atoms with E-state index in [1.807, 2.05) is 19.3 Å². The van der Waals surface area contributed by atoms with E-state index < -0.39 is 0 Å². The lowest BCUT2D eigenvalue weighted by atomic mass is 10.0. The first-order valence-electron chi connectivity index (χ1n) is 5.87. The molecule has 0 aliphatic rings. The summed E-state index contributed by atoms with van der Waals surface area (Å²) in [6.45, 7) is 6.03. The molecule has 88 valence electrons. The van der Waals surface area contributed by atoms with Crippen LogP contribution >= 0.6 is 0 Å². The van der Waals surface area contributed by atoms with Crippen LogP contribution in [0.15, 0.2) is 48.7 Å². The van der Waals surface area contributed by atoms with E-state index in [1.54, 1.807) is 0 Å². The van der Waals surface area contributed by atoms with Gasteiger partial charge in [-0.1, -0.05) is 29.8 Å². The molecule has 1 aromatic heterocycles. The third-order valence-corrected chi connectivity index (χ3v) is 2.94. The van der Waals surface area contributed by atoms with Crippen LogP contribution < -0.4 is 5.32 Å². The largest absolute Gasteiger partial charge is 0.311 e. The van der Waals surface area contributed by atoms with E-state index in [-0.39, 0.29) is 6.04 Å². The number of nitrogens with zero attached hydrogens (tertiary/aromatic N) is 1. The van der Waals surface area contributed by atoms with Gasteiger partial charge in [0.2, 0.25) is 0 Å². The Morgan fingerprint density at radius 3 is 2.82 bits per heavy atom. The summed E-state index contributed by atoms with van der Waals surface area (Å²) in [5.74, 6) is 0. The second-order valence-electron chi connectivity index (χ2n) is 4.42. The number of hydrogen-bond donors (Lipinski definition) is 1. The van der Waals surface area contributed by atoms with Gasteiger partial charge in [-0.3, -0.25) is 4.98 Å². The van der Waals surface area contributed by atoms with Crippen LogP contribution in [0.5, 0.6) is 0 Å². The highest BCUT2D eigenvalue weighted by atomic mass is 14.9. The standard InChI is InChI=1S/C15H18N2/c1-11(2)10-14(16-3)15-13-7-5-4-6-12(13)8-9-17-15/h4-9,14,16H,1,10H2,2-3H3. The Morgan fingerprint density at radius 2 is 2.12 bits per heavy atom. The summed E-state index contributed by atoms with van der Waals surface area (Å²) < 4.78 is 0. The molecule has 1 N–H and O–H groups in total. The molecule has 0 aliphatic heterocycles. The molecule has 2 heteroatoms. The number of rotatable bonds is 4. The molecule has 0 aliphatic carbocycles. The maximum atomic E-state index is 4.53. The number of hydrogen-bond acceptors (Lipinski definition) is 2. The fourth-order valence-electron chi connectivity index (χ4n) is 2.10. The van der Waals surface area contributed by atoms with Crippen molar-refractivity contribution in [2.75, 3.05) is 7.05 Å². The zero-order chi connectivity index (χ0) is 12.3. The van der Waals surface area contributed by atoms with Gasteiger partial charge in [-0.25, -0.2) is 0 Å². The first kappa shape index (κ1) is 11.8. The van der Waals surface area contributed by atoms with Gasteiger partial charge in [-0.15, -0.1) is 6.58 Å². The molecule has 0 radical (unpaired) electrons. The van der Waals surface area contributed by atoms with Gasteiger partial charge in [0.25, 0.3) is 0 Å². The van der Waals surface area contributed by atoms with Crippen LogP contribution in [0.4, 0.5) is 0 Å². The quantitative estimate of drug-likeness (QED) is 0.807. The van der Waals surface area contributed by atoms with Gasteiger partial charge in [0.15, 0.2) is 0 Å². The molecule has 17 heavy (non-hydrogen) atoms. The lowest BCUT2D eigenvalue weighted by molar-refractivity contribution is 0.579. The van der Waals surface area contributed by atoms with Gasteiger partial charge in [0.05, 0.1) is 11.7 Å². The summed E-state index contributed by atoms with van der Waals surface area (Å²) in [5.41, 5.74) is 2.27. The molecule has 2 rings (SSSR count). The Balaban J connectivity index is 2.49. The van der Waals surface area contributed by atoms with Crippen molar-refractivity contribution in [1.29, 1.82) is 0 Å². The van der Waals surface area contributed by atoms with E-state index in [1.165, 1.54) is 16.3 Å². The average Bonchev–Trinajstić information content (AvgIpc) is 2.35. The molecule has 1 aromatic carbocycles. The van der Waals surface area contributed by atoms with Crippen molar-refractivity contribution in [3.05, 3.63) is 54.4 Å². The van der Waals surface area contributed by atoms with Crippen LogP contribution in [0, 0.1) is 0 Å². The van der Waals surface area contributed by atoms with E-state index in [2.05, 4.69) is 48.1 Å². The lowest BCUT2D eigenvalue weighted by Gasteiger charge is -2.17. The summed E-state index contributed by atoms with van der Waals surface area (Å²) in [6, 6.07) is 10.6. The molecule has 0 bridgehead atoms. The van der Waals surface area contributed by atoms with Crippen LogP contribution in [0.25, 0.3) is 10.8 Å². The lowest BCUT2D eigenvalue weighted by Crippen LogP contribution is -2.18. The maximum Gasteiger partial charge on any atom is 0.0654 e. The first-order valence-corrected chi connectivity index (χ1v) is 5.87. The maximum absolute atomic E-state index is 4.53. The Morgan fingerprint density at radius 1 is 1.35 bits per heavy atom. The van der Waals surface area contributed by atoms with Gasteiger partial charge in [-0.05, 0) is 31.8 Å². The monoisotopic (exact) mass is 226 g/mol. The van der Waals surface area contributed by atoms with E-state index in [4.69, 9.17) is 0 Å². The van der Waals surface area contributed by atoms with Crippen molar-refractivity contribution in [1.82, 2.24) is 10.3 Å². The predicted molar refractivity (Wildman–Crippen MR) is 73.0 cm³/mol. The van der Waals surface area contributed by atoms with Crippen LogP contribution in [-0.2, 0) is 0 Å². The van der Waals surface area contributed by atoms with Crippen molar-refractivity contribution < 1.29 is 0 Å². The highest BCUT2D eigenvalue weighted by Crippen LogP contribution is 2.25. The molecule has 2 aromatic rings. The fourth-order valence-corrected chi connectivity index (χ4v) is 2.10. The molecule has 0 spiro atoms. The number of nitrogens with one attached hydrogen (secondary N) is 1. The highest BCUT2D eigenvalue weighted by Gasteiger charge is 2.13. The summed E-state index contributed by atoms with van der Waals surface area (Å²) >= 11 is 0. The zero-order valence-electron chi connectivity index (χ0n) is 10.4. The number of pyridine rings is 1. The average molecular weight is 226 g/mol. The number of fused-ring (bicyclic) bond motifs is 1. The molecule has 0 saturated carbocycles. The summed E-state index contributed by atoms with van der Waals surface area (Å²) in [7, 11) is 1.97. The third kappa shape index (κ3) is 2.53. The normalized spacial score (nSPS) is 12.6. The zero-order valence-corrected chi connectivity index (χ0v) is 10.4. The minimum absolute atomic E-state index is 0.235. The second-order valence-corrected chi connectivity index (χ2v) is 4.42. The van der Waals surface area contributed by atoms with Crippen molar-refractivity contribution in [2.45, 2.75) is 19.4 Å². The number of aromatic nitrogens is 1. The van der Waals surface area contributed by atoms with Crippen molar-refractivity contribution in [3.63, 3.8) is 0 Å². The molecular weight excluding hydrogens is 208 g/mol. The molecular formula is C15H18N2. The van der Waals surface area contributed by atoms with E-state index in [9.17, 15) is 0 Å². The van der Waals surface area contributed by atoms with Crippen molar-refractivity contribution >= 4 is 10.8 Å². The Hall–Kier alpha value is -1.67. The first-order chi connectivity index (χ1) is 8.22. The Bertz CT molecular complexity index is 526. The summed E-state index contributed by atoms with van der Waals surface area (Å²) in [4.78, 5) is 4.53. The molecule has 0 saturated heterocycles. The van der Waals surface area contributed by atoms with Gasteiger partial charge in [0, 0.05) is 11.6 Å². The molecule has 2 nitrogen and oxygen atoms in total. The van der Waals surface area contributed by atoms with Crippen molar-refractivity contribution in [3.8, 4) is 0 Å². The van der Waals surface area contributed by atoms with Gasteiger partial charge in [0.1, 0.15) is 0 Å². The smallest absolute Gasteiger partial charge is 0.0654 e.